The average molecular weight is 452 g/mol. The van der Waals surface area contributed by atoms with E-state index in [-0.39, 0.29) is 18.0 Å². The number of hydrogen-bond donors (Lipinski definition) is 1. The first-order valence-corrected chi connectivity index (χ1v) is 11.1. The summed E-state index contributed by atoms with van der Waals surface area (Å²) >= 11 is 11.8. The summed E-state index contributed by atoms with van der Waals surface area (Å²) in [6.45, 7) is 1.74. The van der Waals surface area contributed by atoms with E-state index in [1.807, 2.05) is 6.92 Å². The number of hydrogen-bond acceptors (Lipinski definition) is 4. The third-order valence-electron chi connectivity index (χ3n) is 4.25. The molecular weight excluding hydrogens is 433 g/mol. The summed E-state index contributed by atoms with van der Waals surface area (Å²) in [5.74, 6) is -0.470. The van der Waals surface area contributed by atoms with Gasteiger partial charge in [0.2, 0.25) is 15.9 Å². The van der Waals surface area contributed by atoms with E-state index in [4.69, 9.17) is 23.2 Å². The number of halogens is 2. The van der Waals surface area contributed by atoms with Crippen LogP contribution in [0.4, 0.5) is 5.69 Å². The second kappa shape index (κ2) is 9.09. The lowest BCUT2D eigenvalue weighted by Gasteiger charge is -2.22. The van der Waals surface area contributed by atoms with Gasteiger partial charge in [0.1, 0.15) is 0 Å². The molecule has 2 aromatic carbocycles. The van der Waals surface area contributed by atoms with E-state index in [2.05, 4.69) is 10.3 Å². The summed E-state index contributed by atoms with van der Waals surface area (Å²) in [4.78, 5) is 16.7. The molecule has 0 saturated heterocycles. The standard InChI is InChI=1S/C20H19Cl2N3O3S/c1-2-10-25(13-20(26)24-15-6-7-17(21)18(22)11-15)29(27,28)19-5-3-4-14-12-23-9-8-16(14)19/h3-9,11-12H,2,10,13H2,1H3,(H,24,26). The van der Waals surface area contributed by atoms with Crippen LogP contribution in [0.5, 0.6) is 0 Å². The molecule has 6 nitrogen and oxygen atoms in total. The number of amides is 1. The summed E-state index contributed by atoms with van der Waals surface area (Å²) in [6, 6.07) is 11.3. The largest absolute Gasteiger partial charge is 0.325 e. The smallest absolute Gasteiger partial charge is 0.244 e. The maximum Gasteiger partial charge on any atom is 0.244 e. The molecule has 9 heteroatoms. The molecule has 3 aromatic rings. The molecule has 0 unspecified atom stereocenters. The Bertz CT molecular complexity index is 1150. The average Bonchev–Trinajstić information content (AvgIpc) is 2.70. The molecule has 0 aliphatic rings. The van der Waals surface area contributed by atoms with Crippen molar-refractivity contribution in [3.8, 4) is 0 Å². The monoisotopic (exact) mass is 451 g/mol. The second-order valence-electron chi connectivity index (χ2n) is 6.37. The van der Waals surface area contributed by atoms with Gasteiger partial charge in [-0.05, 0) is 36.8 Å². The predicted molar refractivity (Wildman–Crippen MR) is 116 cm³/mol. The van der Waals surface area contributed by atoms with Gasteiger partial charge in [0.25, 0.3) is 0 Å². The van der Waals surface area contributed by atoms with Gasteiger partial charge < -0.3 is 5.32 Å². The van der Waals surface area contributed by atoms with Crippen molar-refractivity contribution in [1.29, 1.82) is 0 Å². The highest BCUT2D eigenvalue weighted by Gasteiger charge is 2.27. The Labute approximate surface area is 179 Å². The fraction of sp³-hybridized carbons (Fsp3) is 0.200. The van der Waals surface area contributed by atoms with E-state index in [0.29, 0.717) is 32.9 Å². The van der Waals surface area contributed by atoms with E-state index in [0.717, 1.165) is 0 Å². The molecule has 0 fully saturated rings. The zero-order valence-electron chi connectivity index (χ0n) is 15.6. The summed E-state index contributed by atoms with van der Waals surface area (Å²) in [7, 11) is -3.89. The molecule has 3 rings (SSSR count). The minimum absolute atomic E-state index is 0.146. The minimum atomic E-state index is -3.89. The van der Waals surface area contributed by atoms with Crippen LogP contribution >= 0.6 is 23.2 Å². The van der Waals surface area contributed by atoms with E-state index in [1.165, 1.54) is 16.4 Å². The summed E-state index contributed by atoms with van der Waals surface area (Å²) in [5, 5.41) is 4.60. The van der Waals surface area contributed by atoms with Crippen LogP contribution in [0, 0.1) is 0 Å². The first kappa shape index (κ1) is 21.5. The molecular formula is C20H19Cl2N3O3S. The number of sulfonamides is 1. The normalized spacial score (nSPS) is 11.7. The molecule has 0 aliphatic heterocycles. The lowest BCUT2D eigenvalue weighted by atomic mass is 10.2. The highest BCUT2D eigenvalue weighted by Crippen LogP contribution is 2.27. The number of benzene rings is 2. The first-order chi connectivity index (χ1) is 13.8. The Hall–Kier alpha value is -2.19. The third-order valence-corrected chi connectivity index (χ3v) is 6.90. The highest BCUT2D eigenvalue weighted by atomic mass is 35.5. The molecule has 0 spiro atoms. The van der Waals surface area contributed by atoms with Crippen LogP contribution < -0.4 is 5.32 Å². The summed E-state index contributed by atoms with van der Waals surface area (Å²) in [6.07, 6.45) is 3.71. The number of pyridine rings is 1. The van der Waals surface area contributed by atoms with Crippen molar-refractivity contribution in [3.63, 3.8) is 0 Å². The zero-order chi connectivity index (χ0) is 21.0. The molecule has 1 amide bonds. The fourth-order valence-electron chi connectivity index (χ4n) is 2.93. The summed E-state index contributed by atoms with van der Waals surface area (Å²) < 4.78 is 27.8. The Kier molecular flexibility index (Phi) is 6.74. The van der Waals surface area contributed by atoms with Crippen molar-refractivity contribution in [2.45, 2.75) is 18.2 Å². The zero-order valence-corrected chi connectivity index (χ0v) is 17.9. The lowest BCUT2D eigenvalue weighted by molar-refractivity contribution is -0.116. The quantitative estimate of drug-likeness (QED) is 0.569. The molecule has 152 valence electrons. The number of carbonyl (C=O) groups is 1. The van der Waals surface area contributed by atoms with Crippen molar-refractivity contribution in [2.75, 3.05) is 18.4 Å². The van der Waals surface area contributed by atoms with Crippen LogP contribution in [0.2, 0.25) is 10.0 Å². The number of carbonyl (C=O) groups excluding carboxylic acids is 1. The Morgan fingerprint density at radius 1 is 1.14 bits per heavy atom. The van der Waals surface area contributed by atoms with E-state index < -0.39 is 15.9 Å². The van der Waals surface area contributed by atoms with Gasteiger partial charge in [-0.15, -0.1) is 0 Å². The van der Waals surface area contributed by atoms with E-state index in [9.17, 15) is 13.2 Å². The van der Waals surface area contributed by atoms with Gasteiger partial charge in [-0.1, -0.05) is 42.3 Å². The number of fused-ring (bicyclic) bond motifs is 1. The van der Waals surface area contributed by atoms with Gasteiger partial charge in [-0.3, -0.25) is 9.78 Å². The SMILES string of the molecule is CCCN(CC(=O)Nc1ccc(Cl)c(Cl)c1)S(=O)(=O)c1cccc2cnccc12. The molecule has 1 N–H and O–H groups in total. The molecule has 0 bridgehead atoms. The molecule has 0 atom stereocenters. The van der Waals surface area contributed by atoms with Crippen LogP contribution in [0.15, 0.2) is 59.8 Å². The maximum atomic E-state index is 13.3. The fourth-order valence-corrected chi connectivity index (χ4v) is 4.93. The van der Waals surface area contributed by atoms with Gasteiger partial charge in [-0.25, -0.2) is 8.42 Å². The van der Waals surface area contributed by atoms with Gasteiger partial charge in [-0.2, -0.15) is 4.31 Å². The minimum Gasteiger partial charge on any atom is -0.325 e. The highest BCUT2D eigenvalue weighted by molar-refractivity contribution is 7.89. The van der Waals surface area contributed by atoms with Crippen LogP contribution in [0.25, 0.3) is 10.8 Å². The van der Waals surface area contributed by atoms with Gasteiger partial charge in [0, 0.05) is 35.4 Å². The number of rotatable bonds is 7. The van der Waals surface area contributed by atoms with Gasteiger partial charge >= 0.3 is 0 Å². The Morgan fingerprint density at radius 3 is 2.66 bits per heavy atom. The molecule has 0 radical (unpaired) electrons. The van der Waals surface area contributed by atoms with Crippen LogP contribution in [-0.2, 0) is 14.8 Å². The number of anilines is 1. The molecule has 1 aromatic heterocycles. The number of nitrogens with one attached hydrogen (secondary N) is 1. The van der Waals surface area contributed by atoms with Crippen molar-refractivity contribution in [3.05, 3.63) is 64.9 Å². The number of aromatic nitrogens is 1. The van der Waals surface area contributed by atoms with E-state index >= 15 is 0 Å². The Balaban J connectivity index is 1.87. The number of nitrogens with zero attached hydrogens (tertiary/aromatic N) is 2. The molecule has 0 saturated carbocycles. The lowest BCUT2D eigenvalue weighted by Crippen LogP contribution is -2.38. The van der Waals surface area contributed by atoms with E-state index in [1.54, 1.807) is 42.7 Å². The van der Waals surface area contributed by atoms with Crippen LogP contribution in [0.3, 0.4) is 0 Å². The Morgan fingerprint density at radius 2 is 1.93 bits per heavy atom. The van der Waals surface area contributed by atoms with Crippen molar-refractivity contribution in [2.24, 2.45) is 0 Å². The van der Waals surface area contributed by atoms with Crippen molar-refractivity contribution < 1.29 is 13.2 Å². The molecule has 0 aliphatic carbocycles. The molecule has 29 heavy (non-hydrogen) atoms. The van der Waals surface area contributed by atoms with Crippen LogP contribution in [0.1, 0.15) is 13.3 Å². The predicted octanol–water partition coefficient (Wildman–Crippen LogP) is 4.58. The summed E-state index contributed by atoms with van der Waals surface area (Å²) in [5.41, 5.74) is 0.439. The first-order valence-electron chi connectivity index (χ1n) is 8.90. The van der Waals surface area contributed by atoms with Crippen LogP contribution in [-0.4, -0.2) is 36.7 Å². The molecule has 1 heterocycles. The third kappa shape index (κ3) is 4.87. The van der Waals surface area contributed by atoms with Gasteiger partial charge in [0.05, 0.1) is 21.5 Å². The second-order valence-corrected chi connectivity index (χ2v) is 9.09. The van der Waals surface area contributed by atoms with Crippen molar-refractivity contribution in [1.82, 2.24) is 9.29 Å². The van der Waals surface area contributed by atoms with Crippen molar-refractivity contribution >= 4 is 55.6 Å². The topological polar surface area (TPSA) is 79.4 Å². The maximum absolute atomic E-state index is 13.3. The van der Waals surface area contributed by atoms with Gasteiger partial charge in [0.15, 0.2) is 0 Å².